The van der Waals surface area contributed by atoms with Crippen LogP contribution in [0.2, 0.25) is 0 Å². The van der Waals surface area contributed by atoms with Gasteiger partial charge in [-0.3, -0.25) is 0 Å². The molecule has 0 aliphatic heterocycles. The summed E-state index contributed by atoms with van der Waals surface area (Å²) < 4.78 is 0. The van der Waals surface area contributed by atoms with Crippen LogP contribution in [0.3, 0.4) is 0 Å². The Balaban J connectivity index is -0.0000000800. The fourth-order valence-corrected chi connectivity index (χ4v) is 0. The maximum absolute atomic E-state index is 9.26. The largest absolute Gasteiger partial charge is 2.00 e. The Kier molecular flexibility index (Phi) is 28.1. The Hall–Kier alpha value is 0.200. The van der Waals surface area contributed by atoms with E-state index in [-0.39, 0.29) is 44.2 Å². The van der Waals surface area contributed by atoms with Gasteiger partial charge in [0.05, 0.1) is 0 Å². The Morgan fingerprint density at radius 2 is 1.78 bits per heavy atom. The van der Waals surface area contributed by atoms with Crippen LogP contribution in [-0.4, -0.2) is 50.2 Å². The van der Waals surface area contributed by atoms with Crippen molar-refractivity contribution in [3.63, 3.8) is 0 Å². The van der Waals surface area contributed by atoms with Crippen molar-refractivity contribution in [1.29, 1.82) is 0 Å². The van der Waals surface area contributed by atoms with E-state index in [9.17, 15) is 9.90 Å². The van der Waals surface area contributed by atoms with Gasteiger partial charge >= 0.3 is 37.7 Å². The van der Waals surface area contributed by atoms with Crippen LogP contribution in [0.4, 0.5) is 0 Å². The molecule has 0 bridgehead atoms. The first-order valence-electron chi connectivity index (χ1n) is 1.94. The smallest absolute Gasteiger partial charge is 0.554 e. The predicted octanol–water partition coefficient (Wildman–Crippen LogP) is -2.87. The average Bonchev–Trinajstić information content (AvgIpc) is 1.69. The normalized spacial score (nSPS) is 5.44. The molecule has 0 saturated heterocycles. The van der Waals surface area contributed by atoms with Crippen molar-refractivity contribution in [3.05, 3.63) is 0 Å². The maximum atomic E-state index is 9.26. The van der Waals surface area contributed by atoms with Gasteiger partial charge in [-0.05, 0) is 6.42 Å². The van der Waals surface area contributed by atoms with E-state index in [2.05, 4.69) is 0 Å². The summed E-state index contributed by atoms with van der Waals surface area (Å²) >= 11 is 0. The van der Waals surface area contributed by atoms with Crippen LogP contribution in [0.25, 0.3) is 0 Å². The van der Waals surface area contributed by atoms with E-state index in [1.54, 1.807) is 0 Å². The zero-order valence-electron chi connectivity index (χ0n) is 5.12. The molecule has 0 amide bonds. The molecule has 0 heterocycles. The summed E-state index contributed by atoms with van der Waals surface area (Å²) in [6.07, 6.45) is 0.111. The van der Waals surface area contributed by atoms with Gasteiger partial charge in [0.1, 0.15) is 0 Å². The minimum Gasteiger partial charge on any atom is -0.554 e. The average molecular weight is 158 g/mol. The molecule has 0 N–H and O–H groups in total. The van der Waals surface area contributed by atoms with Crippen molar-refractivity contribution in [3.8, 4) is 0 Å². The van der Waals surface area contributed by atoms with Crippen molar-refractivity contribution < 1.29 is 19.8 Å². The van der Waals surface area contributed by atoms with Gasteiger partial charge in [-0.15, -0.1) is 0 Å². The third kappa shape index (κ3) is 65.1. The van der Waals surface area contributed by atoms with Gasteiger partial charge in [-0.1, -0.05) is 6.92 Å². The number of hydrogen-bond donors (Lipinski definition) is 0. The minimum atomic E-state index is -0.995. The first-order chi connectivity index (χ1) is 3.68. The van der Waals surface area contributed by atoms with E-state index in [0.717, 1.165) is 0 Å². The molecule has 0 aromatic rings. The molecule has 0 saturated carbocycles. The second kappa shape index (κ2) is 15.7. The molecule has 0 atom stereocenters. The summed E-state index contributed by atoms with van der Waals surface area (Å²) in [6, 6.07) is 0. The number of carbonyl (C=O) groups excluding carboxylic acids is 2. The van der Waals surface area contributed by atoms with Crippen LogP contribution in [0.1, 0.15) is 13.3 Å². The summed E-state index contributed by atoms with van der Waals surface area (Å²) in [5.74, 6) is -0.995. The number of aliphatic carboxylic acids is 1. The number of carbonyl (C=O) groups is 2. The molecule has 5 heteroatoms. The van der Waals surface area contributed by atoms with E-state index in [0.29, 0.717) is 0 Å². The van der Waals surface area contributed by atoms with Gasteiger partial charge in [-0.25, -0.2) is 0 Å². The van der Waals surface area contributed by atoms with Crippen LogP contribution in [0, 0.1) is 0 Å². The number of carboxylic acid groups (broad SMARTS) is 2. The minimum absolute atomic E-state index is 0. The topological polar surface area (TPSA) is 80.3 Å². The monoisotopic (exact) mass is 158 g/mol. The molecule has 0 aromatic carbocycles. The summed E-state index contributed by atoms with van der Waals surface area (Å²) in [5, 5.41) is 17.5. The number of carboxylic acids is 1. The van der Waals surface area contributed by atoms with Gasteiger partial charge < -0.3 is 19.8 Å². The molecule has 0 unspecified atom stereocenters. The molecule has 0 radical (unpaired) electrons. The van der Waals surface area contributed by atoms with Crippen molar-refractivity contribution in [1.82, 2.24) is 0 Å². The third-order valence-electron chi connectivity index (χ3n) is 0.289. The molecule has 9 heavy (non-hydrogen) atoms. The molecule has 0 aliphatic carbocycles. The predicted molar refractivity (Wildman–Crippen MR) is 27.1 cm³/mol. The van der Waals surface area contributed by atoms with Gasteiger partial charge in [0.25, 0.3) is 0 Å². The molecule has 4 nitrogen and oxygen atoms in total. The van der Waals surface area contributed by atoms with Gasteiger partial charge in [0, 0.05) is 12.4 Å². The molecule has 0 rings (SSSR count). The first kappa shape index (κ1) is 16.1. The zero-order chi connectivity index (χ0) is 6.99. The van der Waals surface area contributed by atoms with Crippen LogP contribution in [-0.2, 0) is 9.59 Å². The molecule has 0 aliphatic rings. The summed E-state index contributed by atoms with van der Waals surface area (Å²) in [6.45, 7) is 1.04. The van der Waals surface area contributed by atoms with Crippen LogP contribution in [0.15, 0.2) is 0 Å². The fourth-order valence-electron chi connectivity index (χ4n) is 0. The van der Waals surface area contributed by atoms with Crippen molar-refractivity contribution in [2.45, 2.75) is 13.3 Å². The Labute approximate surface area is 82.9 Å². The van der Waals surface area contributed by atoms with Crippen LogP contribution < -0.4 is 10.2 Å². The third-order valence-corrected chi connectivity index (χ3v) is 0.289. The van der Waals surface area contributed by atoms with Crippen LogP contribution in [0.5, 0.6) is 0 Å². The number of hydrogen-bond acceptors (Lipinski definition) is 4. The van der Waals surface area contributed by atoms with E-state index < -0.39 is 12.4 Å². The summed E-state index contributed by atoms with van der Waals surface area (Å²) in [4.78, 5) is 17.5. The fraction of sp³-hybridized carbons (Fsp3) is 0.500. The second-order valence-electron chi connectivity index (χ2n) is 0.822. The molecular formula is C4H6CaO4. The molecular weight excluding hydrogens is 152 g/mol. The standard InChI is InChI=1S/C3H6O2.CH2O2.Ca/c1-2-3(4)5;2-1-3;/h2H2,1H3,(H,4,5);1H,(H,2,3);/q;;+2/p-2. The maximum Gasteiger partial charge on any atom is 2.00 e. The van der Waals surface area contributed by atoms with E-state index >= 15 is 0 Å². The molecule has 0 aromatic heterocycles. The van der Waals surface area contributed by atoms with Gasteiger partial charge in [0.15, 0.2) is 0 Å². The van der Waals surface area contributed by atoms with E-state index in [1.807, 2.05) is 0 Å². The molecule has 0 spiro atoms. The van der Waals surface area contributed by atoms with Gasteiger partial charge in [-0.2, -0.15) is 0 Å². The summed E-state index contributed by atoms with van der Waals surface area (Å²) in [5.41, 5.74) is 0. The van der Waals surface area contributed by atoms with E-state index in [1.165, 1.54) is 6.92 Å². The quantitative estimate of drug-likeness (QED) is 0.303. The van der Waals surface area contributed by atoms with Crippen LogP contribution >= 0.6 is 0 Å². The van der Waals surface area contributed by atoms with Crippen molar-refractivity contribution in [2.75, 3.05) is 0 Å². The Bertz CT molecular complexity index is 73.0. The molecule has 0 fully saturated rings. The Morgan fingerprint density at radius 1 is 1.67 bits per heavy atom. The zero-order valence-corrected chi connectivity index (χ0v) is 7.33. The van der Waals surface area contributed by atoms with Crippen molar-refractivity contribution in [2.24, 2.45) is 0 Å². The SMILES string of the molecule is CCC(=O)[O-].O=C[O-].[Ca+2]. The van der Waals surface area contributed by atoms with Gasteiger partial charge in [0.2, 0.25) is 0 Å². The number of rotatable bonds is 1. The molecule has 48 valence electrons. The summed E-state index contributed by atoms with van der Waals surface area (Å²) in [7, 11) is 0. The second-order valence-corrected chi connectivity index (χ2v) is 0.822. The van der Waals surface area contributed by atoms with E-state index in [4.69, 9.17) is 9.90 Å². The first-order valence-corrected chi connectivity index (χ1v) is 1.94. The Morgan fingerprint density at radius 3 is 1.78 bits per heavy atom. The van der Waals surface area contributed by atoms with Crippen molar-refractivity contribution >= 4 is 50.2 Å².